The normalized spacial score (nSPS) is 12.8. The average molecular weight is 733 g/mol. The molecule has 0 unspecified atom stereocenters. The van der Waals surface area contributed by atoms with Crippen molar-refractivity contribution in [2.45, 2.75) is 12.8 Å². The molecule has 8 aromatic carbocycles. The molecule has 5 heteroatoms. The minimum atomic E-state index is 0.654. The quantitative estimate of drug-likeness (QED) is 0.181. The van der Waals surface area contributed by atoms with Crippen molar-refractivity contribution in [2.24, 2.45) is 0 Å². The van der Waals surface area contributed by atoms with Crippen molar-refractivity contribution < 1.29 is 0 Å². The van der Waals surface area contributed by atoms with Gasteiger partial charge < -0.3 is 4.57 Å². The molecule has 12 rings (SSSR count). The van der Waals surface area contributed by atoms with Crippen LogP contribution < -0.4 is 0 Å². The monoisotopic (exact) mass is 732 g/mol. The molecule has 0 radical (unpaired) electrons. The van der Waals surface area contributed by atoms with Crippen LogP contribution in [0.1, 0.15) is 17.5 Å². The van der Waals surface area contributed by atoms with Crippen LogP contribution in [-0.4, -0.2) is 19.5 Å². The molecule has 3 aromatic heterocycles. The maximum atomic E-state index is 5.48. The zero-order chi connectivity index (χ0) is 36.7. The van der Waals surface area contributed by atoms with Crippen molar-refractivity contribution in [1.29, 1.82) is 0 Å². The molecular weight excluding hydrogens is 701 g/mol. The van der Waals surface area contributed by atoms with Crippen LogP contribution in [0, 0.1) is 0 Å². The standard InChI is InChI=1S/C51H32N4S/c1-2-16-34-30-44-42(29-33(34)15-1)37-21-7-9-25-43(37)55(44)48-41(27-28-46-47(48)40-22-8-10-26-45(40)56-46)51-53-49(38-23-11-17-31-13-3-5-19-35(31)38)52-50(54-51)39-24-12-18-32-14-4-6-20-36(32)39/h1-5,7-19,21-30H,6,20H2. The summed E-state index contributed by atoms with van der Waals surface area (Å²) in [6, 6.07) is 56.8. The Balaban J connectivity index is 1.24. The minimum absolute atomic E-state index is 0.654. The lowest BCUT2D eigenvalue weighted by molar-refractivity contribution is 0.978. The van der Waals surface area contributed by atoms with E-state index in [9.17, 15) is 0 Å². The van der Waals surface area contributed by atoms with E-state index < -0.39 is 0 Å². The zero-order valence-corrected chi connectivity index (χ0v) is 31.1. The lowest BCUT2D eigenvalue weighted by Gasteiger charge is -2.18. The number of allylic oxidation sites excluding steroid dienone is 1. The third-order valence-corrected chi connectivity index (χ3v) is 12.6. The molecule has 0 N–H and O–H groups in total. The number of nitrogens with zero attached hydrogens (tertiary/aromatic N) is 4. The average Bonchev–Trinajstić information content (AvgIpc) is 3.80. The Morgan fingerprint density at radius 3 is 2.00 bits per heavy atom. The van der Waals surface area contributed by atoms with E-state index in [0.717, 1.165) is 57.0 Å². The highest BCUT2D eigenvalue weighted by atomic mass is 32.1. The number of rotatable bonds is 4. The van der Waals surface area contributed by atoms with Gasteiger partial charge in [-0.2, -0.15) is 0 Å². The van der Waals surface area contributed by atoms with Crippen molar-refractivity contribution in [3.05, 3.63) is 175 Å². The van der Waals surface area contributed by atoms with Crippen LogP contribution in [0.3, 0.4) is 0 Å². The highest BCUT2D eigenvalue weighted by Gasteiger charge is 2.25. The summed E-state index contributed by atoms with van der Waals surface area (Å²) in [5.41, 5.74) is 8.91. The molecule has 0 aliphatic heterocycles. The molecule has 3 heterocycles. The second-order valence-electron chi connectivity index (χ2n) is 14.6. The number of benzene rings is 8. The first-order valence-electron chi connectivity index (χ1n) is 19.2. The molecule has 0 spiro atoms. The van der Waals surface area contributed by atoms with Crippen molar-refractivity contribution in [3.8, 4) is 39.9 Å². The summed E-state index contributed by atoms with van der Waals surface area (Å²) in [5, 5.41) is 9.57. The summed E-state index contributed by atoms with van der Waals surface area (Å²) in [6.07, 6.45) is 6.43. The number of fused-ring (bicyclic) bond motifs is 9. The fourth-order valence-corrected chi connectivity index (χ4v) is 10.1. The van der Waals surface area contributed by atoms with E-state index in [1.807, 2.05) is 11.3 Å². The number of thiophene rings is 1. The Bertz CT molecular complexity index is 3440. The smallest absolute Gasteiger partial charge is 0.166 e. The molecule has 1 aliphatic carbocycles. The van der Waals surface area contributed by atoms with Crippen LogP contribution in [0.15, 0.2) is 164 Å². The summed E-state index contributed by atoms with van der Waals surface area (Å²) >= 11 is 1.83. The van der Waals surface area contributed by atoms with E-state index in [1.54, 1.807) is 0 Å². The predicted octanol–water partition coefficient (Wildman–Crippen LogP) is 13.6. The van der Waals surface area contributed by atoms with Gasteiger partial charge in [-0.05, 0) is 81.9 Å². The third kappa shape index (κ3) is 4.74. The van der Waals surface area contributed by atoms with Crippen LogP contribution in [-0.2, 0) is 6.42 Å². The molecule has 262 valence electrons. The fourth-order valence-electron chi connectivity index (χ4n) is 8.95. The van der Waals surface area contributed by atoms with Crippen molar-refractivity contribution >= 4 is 80.9 Å². The van der Waals surface area contributed by atoms with E-state index in [-0.39, 0.29) is 0 Å². The summed E-state index contributed by atoms with van der Waals surface area (Å²) in [4.78, 5) is 16.3. The van der Waals surface area contributed by atoms with Crippen molar-refractivity contribution in [2.75, 3.05) is 0 Å². The van der Waals surface area contributed by atoms with Gasteiger partial charge in [0.05, 0.1) is 16.7 Å². The van der Waals surface area contributed by atoms with Gasteiger partial charge >= 0.3 is 0 Å². The first-order chi connectivity index (χ1) is 27.8. The second-order valence-corrected chi connectivity index (χ2v) is 15.7. The van der Waals surface area contributed by atoms with Gasteiger partial charge in [-0.1, -0.05) is 133 Å². The molecule has 1 aliphatic rings. The predicted molar refractivity (Wildman–Crippen MR) is 236 cm³/mol. The van der Waals surface area contributed by atoms with Gasteiger partial charge in [0.2, 0.25) is 0 Å². The SMILES string of the molecule is C1=Cc2cccc(-c3nc(-c4ccc5sc6ccccc6c5c4-n4c5ccccc5c5cc6ccccc6cc54)nc(-c4cccc5ccccc45)n3)c2CC1. The summed E-state index contributed by atoms with van der Waals surface area (Å²) in [5.74, 6) is 2.01. The highest BCUT2D eigenvalue weighted by molar-refractivity contribution is 7.25. The Kier molecular flexibility index (Phi) is 6.89. The van der Waals surface area contributed by atoms with Gasteiger partial charge in [0.15, 0.2) is 17.5 Å². The van der Waals surface area contributed by atoms with E-state index in [0.29, 0.717) is 17.5 Å². The van der Waals surface area contributed by atoms with Crippen LogP contribution in [0.25, 0.3) is 109 Å². The Labute approximate surface area is 326 Å². The lowest BCUT2D eigenvalue weighted by atomic mass is 9.92. The van der Waals surface area contributed by atoms with E-state index in [1.165, 1.54) is 52.8 Å². The molecular formula is C51H32N4S. The molecule has 4 nitrogen and oxygen atoms in total. The van der Waals surface area contributed by atoms with Crippen LogP contribution in [0.4, 0.5) is 0 Å². The molecule has 0 amide bonds. The van der Waals surface area contributed by atoms with Crippen LogP contribution in [0.2, 0.25) is 0 Å². The molecule has 56 heavy (non-hydrogen) atoms. The zero-order valence-electron chi connectivity index (χ0n) is 30.3. The first-order valence-corrected chi connectivity index (χ1v) is 20.0. The molecule has 0 saturated carbocycles. The number of hydrogen-bond acceptors (Lipinski definition) is 4. The van der Waals surface area contributed by atoms with E-state index in [2.05, 4.69) is 174 Å². The van der Waals surface area contributed by atoms with E-state index in [4.69, 9.17) is 15.0 Å². The molecule has 0 atom stereocenters. The van der Waals surface area contributed by atoms with Crippen molar-refractivity contribution in [1.82, 2.24) is 19.5 Å². The van der Waals surface area contributed by atoms with Gasteiger partial charge in [0.1, 0.15) is 0 Å². The van der Waals surface area contributed by atoms with Gasteiger partial charge in [-0.25, -0.2) is 15.0 Å². The lowest BCUT2D eigenvalue weighted by Crippen LogP contribution is -2.06. The fraction of sp³-hybridized carbons (Fsp3) is 0.0392. The van der Waals surface area contributed by atoms with Gasteiger partial charge in [0.25, 0.3) is 0 Å². The molecule has 11 aromatic rings. The maximum Gasteiger partial charge on any atom is 0.166 e. The summed E-state index contributed by atoms with van der Waals surface area (Å²) in [6.45, 7) is 0. The molecule has 0 fully saturated rings. The Morgan fingerprint density at radius 2 is 1.12 bits per heavy atom. The van der Waals surface area contributed by atoms with Gasteiger partial charge in [0, 0.05) is 47.6 Å². The van der Waals surface area contributed by atoms with Gasteiger partial charge in [-0.3, -0.25) is 0 Å². The minimum Gasteiger partial charge on any atom is -0.308 e. The van der Waals surface area contributed by atoms with Crippen molar-refractivity contribution in [3.63, 3.8) is 0 Å². The maximum absolute atomic E-state index is 5.48. The summed E-state index contributed by atoms with van der Waals surface area (Å²) < 4.78 is 4.96. The first kappa shape index (κ1) is 31.4. The number of aromatic nitrogens is 4. The third-order valence-electron chi connectivity index (χ3n) is 11.5. The number of para-hydroxylation sites is 1. The van der Waals surface area contributed by atoms with E-state index >= 15 is 0 Å². The second kappa shape index (κ2) is 12.3. The Morgan fingerprint density at radius 1 is 0.464 bits per heavy atom. The highest BCUT2D eigenvalue weighted by Crippen LogP contribution is 2.46. The topological polar surface area (TPSA) is 43.6 Å². The largest absolute Gasteiger partial charge is 0.308 e. The van der Waals surface area contributed by atoms with Crippen LogP contribution >= 0.6 is 11.3 Å². The molecule has 0 bridgehead atoms. The van der Waals surface area contributed by atoms with Crippen LogP contribution in [0.5, 0.6) is 0 Å². The summed E-state index contributed by atoms with van der Waals surface area (Å²) in [7, 11) is 0. The Hall–Kier alpha value is -6.95. The number of hydrogen-bond donors (Lipinski definition) is 0. The molecule has 0 saturated heterocycles. The van der Waals surface area contributed by atoms with Gasteiger partial charge in [-0.15, -0.1) is 11.3 Å².